The molecule has 6 heteroatoms. The predicted molar refractivity (Wildman–Crippen MR) is 91.4 cm³/mol. The summed E-state index contributed by atoms with van der Waals surface area (Å²) in [5.74, 6) is -0.593. The quantitative estimate of drug-likeness (QED) is 0.877. The lowest BCUT2D eigenvalue weighted by Gasteiger charge is -2.27. The van der Waals surface area contributed by atoms with E-state index in [0.717, 1.165) is 31.4 Å². The van der Waals surface area contributed by atoms with Crippen LogP contribution in [0.15, 0.2) is 35.1 Å². The molecule has 0 aliphatic carbocycles. The van der Waals surface area contributed by atoms with Gasteiger partial charge in [-0.1, -0.05) is 30.3 Å². The smallest absolute Gasteiger partial charge is 0.323 e. The fourth-order valence-corrected chi connectivity index (χ4v) is 3.15. The van der Waals surface area contributed by atoms with E-state index >= 15 is 0 Å². The highest BCUT2D eigenvalue weighted by molar-refractivity contribution is 5.67. The van der Waals surface area contributed by atoms with Gasteiger partial charge in [0.1, 0.15) is 18.1 Å². The Morgan fingerprint density at radius 2 is 2.12 bits per heavy atom. The Hall–Kier alpha value is -2.63. The monoisotopic (exact) mass is 327 g/mol. The molecule has 2 heterocycles. The first-order valence-corrected chi connectivity index (χ1v) is 8.17. The lowest BCUT2D eigenvalue weighted by molar-refractivity contribution is -0.137. The van der Waals surface area contributed by atoms with Crippen LogP contribution in [0.3, 0.4) is 0 Å². The van der Waals surface area contributed by atoms with Crippen LogP contribution in [-0.2, 0) is 24.2 Å². The van der Waals surface area contributed by atoms with Gasteiger partial charge in [0.25, 0.3) is 5.56 Å². The summed E-state index contributed by atoms with van der Waals surface area (Å²) in [6.45, 7) is 1.31. The van der Waals surface area contributed by atoms with Crippen molar-refractivity contribution in [1.82, 2.24) is 9.55 Å². The SMILES string of the molecule is Cc1nc2c(c(=O)n1CC(=O)O)NC(CCc1ccccc1)CC2. The van der Waals surface area contributed by atoms with Crippen LogP contribution in [0.1, 0.15) is 29.9 Å². The number of nitrogens with zero attached hydrogens (tertiary/aromatic N) is 2. The van der Waals surface area contributed by atoms with Crippen LogP contribution in [0.5, 0.6) is 0 Å². The van der Waals surface area contributed by atoms with E-state index in [9.17, 15) is 9.59 Å². The number of fused-ring (bicyclic) bond motifs is 1. The van der Waals surface area contributed by atoms with Gasteiger partial charge in [-0.15, -0.1) is 0 Å². The standard InChI is InChI=1S/C18H21N3O3/c1-12-19-15-10-9-14(8-7-13-5-3-2-4-6-13)20-17(15)18(24)21(12)11-16(22)23/h2-6,14,20H,7-11H2,1H3,(H,22,23). The zero-order chi connectivity index (χ0) is 17.1. The van der Waals surface area contributed by atoms with E-state index < -0.39 is 5.97 Å². The molecule has 0 bridgehead atoms. The van der Waals surface area contributed by atoms with Crippen molar-refractivity contribution in [1.29, 1.82) is 0 Å². The highest BCUT2D eigenvalue weighted by atomic mass is 16.4. The summed E-state index contributed by atoms with van der Waals surface area (Å²) in [7, 11) is 0. The van der Waals surface area contributed by atoms with Gasteiger partial charge in [0, 0.05) is 6.04 Å². The molecule has 1 aliphatic heterocycles. The lowest BCUT2D eigenvalue weighted by Crippen LogP contribution is -2.36. The Bertz CT molecular complexity index is 799. The number of anilines is 1. The normalized spacial score (nSPS) is 16.3. The number of hydrogen-bond acceptors (Lipinski definition) is 4. The molecular formula is C18H21N3O3. The van der Waals surface area contributed by atoms with Crippen molar-refractivity contribution >= 4 is 11.7 Å². The summed E-state index contributed by atoms with van der Waals surface area (Å²) in [6, 6.07) is 10.4. The molecule has 2 N–H and O–H groups in total. The van der Waals surface area contributed by atoms with Crippen LogP contribution < -0.4 is 10.9 Å². The number of aryl methyl sites for hydroxylation is 3. The second-order valence-corrected chi connectivity index (χ2v) is 6.17. The number of nitrogens with one attached hydrogen (secondary N) is 1. The summed E-state index contributed by atoms with van der Waals surface area (Å²) in [6.07, 6.45) is 3.53. The fraction of sp³-hybridized carbons (Fsp3) is 0.389. The lowest BCUT2D eigenvalue weighted by atomic mass is 9.97. The van der Waals surface area contributed by atoms with E-state index in [0.29, 0.717) is 11.5 Å². The first kappa shape index (κ1) is 16.2. The van der Waals surface area contributed by atoms with Crippen molar-refractivity contribution in [2.45, 2.75) is 45.2 Å². The van der Waals surface area contributed by atoms with Crippen LogP contribution in [0.4, 0.5) is 5.69 Å². The first-order chi connectivity index (χ1) is 11.5. The van der Waals surface area contributed by atoms with Gasteiger partial charge in [0.05, 0.1) is 5.69 Å². The maximum Gasteiger partial charge on any atom is 0.323 e. The van der Waals surface area contributed by atoms with Crippen molar-refractivity contribution in [2.75, 3.05) is 5.32 Å². The molecule has 0 saturated carbocycles. The van der Waals surface area contributed by atoms with Gasteiger partial charge in [-0.3, -0.25) is 14.2 Å². The van der Waals surface area contributed by atoms with E-state index in [1.807, 2.05) is 18.2 Å². The molecular weight excluding hydrogens is 306 g/mol. The molecule has 0 spiro atoms. The molecule has 1 aromatic heterocycles. The number of benzene rings is 1. The van der Waals surface area contributed by atoms with Crippen molar-refractivity contribution in [3.05, 3.63) is 57.8 Å². The Kier molecular flexibility index (Phi) is 4.64. The first-order valence-electron chi connectivity index (χ1n) is 8.17. The van der Waals surface area contributed by atoms with E-state index in [-0.39, 0.29) is 18.1 Å². The highest BCUT2D eigenvalue weighted by Gasteiger charge is 2.23. The molecule has 1 aromatic carbocycles. The van der Waals surface area contributed by atoms with Gasteiger partial charge in [-0.25, -0.2) is 4.98 Å². The van der Waals surface area contributed by atoms with Crippen LogP contribution in [0.25, 0.3) is 0 Å². The van der Waals surface area contributed by atoms with E-state index in [2.05, 4.69) is 22.4 Å². The summed E-state index contributed by atoms with van der Waals surface area (Å²) in [5, 5.41) is 12.3. The largest absolute Gasteiger partial charge is 0.480 e. The average Bonchev–Trinajstić information content (AvgIpc) is 2.58. The van der Waals surface area contributed by atoms with Gasteiger partial charge in [0.2, 0.25) is 0 Å². The number of aromatic nitrogens is 2. The van der Waals surface area contributed by atoms with Crippen LogP contribution >= 0.6 is 0 Å². The molecule has 6 nitrogen and oxygen atoms in total. The zero-order valence-corrected chi connectivity index (χ0v) is 13.7. The van der Waals surface area contributed by atoms with Gasteiger partial charge in [-0.05, 0) is 38.2 Å². The molecule has 0 fully saturated rings. The Labute approximate surface area is 140 Å². The molecule has 24 heavy (non-hydrogen) atoms. The number of hydrogen-bond donors (Lipinski definition) is 2. The zero-order valence-electron chi connectivity index (χ0n) is 13.7. The third kappa shape index (κ3) is 3.48. The number of carboxylic acid groups (broad SMARTS) is 1. The third-order valence-electron chi connectivity index (χ3n) is 4.43. The Morgan fingerprint density at radius 3 is 2.83 bits per heavy atom. The minimum Gasteiger partial charge on any atom is -0.480 e. The van der Waals surface area contributed by atoms with Crippen molar-refractivity contribution < 1.29 is 9.90 Å². The van der Waals surface area contributed by atoms with Crippen LogP contribution in [-0.4, -0.2) is 26.7 Å². The minimum absolute atomic E-state index is 0.202. The topological polar surface area (TPSA) is 84.2 Å². The number of aliphatic carboxylic acids is 1. The molecule has 1 atom stereocenters. The predicted octanol–water partition coefficient (Wildman–Crippen LogP) is 2.00. The highest BCUT2D eigenvalue weighted by Crippen LogP contribution is 2.22. The molecule has 0 saturated heterocycles. The number of rotatable bonds is 5. The Morgan fingerprint density at radius 1 is 1.38 bits per heavy atom. The average molecular weight is 327 g/mol. The van der Waals surface area contributed by atoms with Gasteiger partial charge in [-0.2, -0.15) is 0 Å². The summed E-state index contributed by atoms with van der Waals surface area (Å²) in [4.78, 5) is 28.0. The third-order valence-corrected chi connectivity index (χ3v) is 4.43. The summed E-state index contributed by atoms with van der Waals surface area (Å²) >= 11 is 0. The number of carbonyl (C=O) groups is 1. The van der Waals surface area contributed by atoms with Crippen LogP contribution in [0, 0.1) is 6.92 Å². The van der Waals surface area contributed by atoms with Crippen LogP contribution in [0.2, 0.25) is 0 Å². The second-order valence-electron chi connectivity index (χ2n) is 6.17. The van der Waals surface area contributed by atoms with Gasteiger partial charge >= 0.3 is 5.97 Å². The van der Waals surface area contributed by atoms with Gasteiger partial charge < -0.3 is 10.4 Å². The molecule has 126 valence electrons. The van der Waals surface area contributed by atoms with Crippen molar-refractivity contribution in [3.63, 3.8) is 0 Å². The molecule has 1 aliphatic rings. The maximum absolute atomic E-state index is 12.6. The fourth-order valence-electron chi connectivity index (χ4n) is 3.15. The maximum atomic E-state index is 12.6. The van der Waals surface area contributed by atoms with Gasteiger partial charge in [0.15, 0.2) is 0 Å². The summed E-state index contributed by atoms with van der Waals surface area (Å²) < 4.78 is 1.22. The Balaban J connectivity index is 1.77. The molecule has 0 amide bonds. The second kappa shape index (κ2) is 6.86. The van der Waals surface area contributed by atoms with E-state index in [4.69, 9.17) is 5.11 Å². The summed E-state index contributed by atoms with van der Waals surface area (Å²) in [5.41, 5.74) is 2.20. The van der Waals surface area contributed by atoms with Crippen molar-refractivity contribution in [2.24, 2.45) is 0 Å². The molecule has 1 unspecified atom stereocenters. The van der Waals surface area contributed by atoms with E-state index in [1.54, 1.807) is 6.92 Å². The minimum atomic E-state index is -1.04. The van der Waals surface area contributed by atoms with E-state index in [1.165, 1.54) is 10.1 Å². The van der Waals surface area contributed by atoms with Crippen molar-refractivity contribution in [3.8, 4) is 0 Å². The number of carboxylic acids is 1. The molecule has 2 aromatic rings. The molecule has 0 radical (unpaired) electrons. The molecule has 3 rings (SSSR count).